The maximum atomic E-state index is 13.5. The highest BCUT2D eigenvalue weighted by atomic mass is 19.3. The summed E-state index contributed by atoms with van der Waals surface area (Å²) in [5.74, 6) is -0.0450. The van der Waals surface area contributed by atoms with E-state index >= 15 is 0 Å². The predicted octanol–water partition coefficient (Wildman–Crippen LogP) is 5.31. The Bertz CT molecular complexity index is 844. The summed E-state index contributed by atoms with van der Waals surface area (Å²) < 4.78 is 58.4. The van der Waals surface area contributed by atoms with Crippen molar-refractivity contribution in [3.8, 4) is 17.0 Å². The van der Waals surface area contributed by atoms with E-state index in [1.807, 2.05) is 0 Å². The van der Waals surface area contributed by atoms with Gasteiger partial charge in [-0.05, 0) is 48.9 Å². The summed E-state index contributed by atoms with van der Waals surface area (Å²) in [7, 11) is 0. The van der Waals surface area contributed by atoms with Gasteiger partial charge in [-0.2, -0.15) is 0 Å². The van der Waals surface area contributed by atoms with Crippen molar-refractivity contribution in [2.75, 3.05) is 6.61 Å². The van der Waals surface area contributed by atoms with Gasteiger partial charge in [0.2, 0.25) is 0 Å². The molecule has 152 valence electrons. The fraction of sp³-hybridized carbons (Fsp3) is 0.500. The van der Waals surface area contributed by atoms with E-state index in [9.17, 15) is 17.6 Å². The zero-order valence-corrected chi connectivity index (χ0v) is 15.8. The van der Waals surface area contributed by atoms with Crippen molar-refractivity contribution < 1.29 is 22.3 Å². The van der Waals surface area contributed by atoms with Crippen molar-refractivity contribution in [1.29, 1.82) is 0 Å². The molecule has 0 bridgehead atoms. The highest BCUT2D eigenvalue weighted by Gasteiger charge is 2.41. The summed E-state index contributed by atoms with van der Waals surface area (Å²) in [4.78, 5) is 7.52. The maximum Gasteiger partial charge on any atom is 0.284 e. The first kappa shape index (κ1) is 20.5. The molecule has 1 aliphatic rings. The normalized spacial score (nSPS) is 21.5. The smallest absolute Gasteiger partial charge is 0.284 e. The molecule has 1 saturated carbocycles. The summed E-state index contributed by atoms with van der Waals surface area (Å²) >= 11 is 0. The lowest BCUT2D eigenvalue weighted by Crippen LogP contribution is -2.43. The van der Waals surface area contributed by atoms with Crippen LogP contribution in [0.5, 0.6) is 5.75 Å². The third-order valence-electron chi connectivity index (χ3n) is 5.04. The second kappa shape index (κ2) is 7.66. The van der Waals surface area contributed by atoms with Gasteiger partial charge in [0.15, 0.2) is 0 Å². The Kier molecular flexibility index (Phi) is 5.61. The van der Waals surface area contributed by atoms with Crippen LogP contribution in [0.3, 0.4) is 0 Å². The van der Waals surface area contributed by atoms with Crippen molar-refractivity contribution in [3.63, 3.8) is 0 Å². The van der Waals surface area contributed by atoms with Gasteiger partial charge in [0.1, 0.15) is 23.7 Å². The number of hydrogen-bond donors (Lipinski definition) is 1. The van der Waals surface area contributed by atoms with Crippen molar-refractivity contribution in [3.05, 3.63) is 41.9 Å². The summed E-state index contributed by atoms with van der Waals surface area (Å²) in [6.07, 6.45) is -1.99. The zero-order chi connectivity index (χ0) is 20.5. The van der Waals surface area contributed by atoms with Gasteiger partial charge < -0.3 is 10.5 Å². The molecule has 1 unspecified atom stereocenters. The molecule has 0 spiro atoms. The first-order valence-electron chi connectivity index (χ1n) is 9.04. The van der Waals surface area contributed by atoms with Crippen LogP contribution in [0.2, 0.25) is 0 Å². The molecule has 0 aromatic carbocycles. The first-order valence-corrected chi connectivity index (χ1v) is 9.04. The Morgan fingerprint density at radius 2 is 1.86 bits per heavy atom. The minimum atomic E-state index is -2.87. The molecule has 2 heterocycles. The Hall–Kier alpha value is -2.22. The number of hydrogen-bond acceptors (Lipinski definition) is 4. The fourth-order valence-corrected chi connectivity index (χ4v) is 3.69. The van der Waals surface area contributed by atoms with Crippen LogP contribution in [0, 0.1) is 5.41 Å². The van der Waals surface area contributed by atoms with E-state index in [1.54, 1.807) is 0 Å². The Morgan fingerprint density at radius 1 is 1.11 bits per heavy atom. The van der Waals surface area contributed by atoms with Crippen LogP contribution < -0.4 is 10.5 Å². The third kappa shape index (κ3) is 4.60. The zero-order valence-electron chi connectivity index (χ0n) is 15.8. The van der Waals surface area contributed by atoms with E-state index in [0.29, 0.717) is 0 Å². The number of ether oxygens (including phenoxy) is 1. The van der Waals surface area contributed by atoms with Crippen LogP contribution in [0.25, 0.3) is 11.3 Å². The van der Waals surface area contributed by atoms with Gasteiger partial charge in [-0.1, -0.05) is 13.8 Å². The van der Waals surface area contributed by atoms with Gasteiger partial charge >= 0.3 is 0 Å². The van der Waals surface area contributed by atoms with Crippen LogP contribution in [0.1, 0.15) is 57.3 Å². The van der Waals surface area contributed by atoms with E-state index in [1.165, 1.54) is 24.4 Å². The quantitative estimate of drug-likeness (QED) is 0.672. The van der Waals surface area contributed by atoms with Crippen LogP contribution in [0.4, 0.5) is 17.6 Å². The Labute approximate surface area is 161 Å². The number of alkyl halides is 4. The van der Waals surface area contributed by atoms with Crippen LogP contribution in [0.15, 0.2) is 30.5 Å². The molecule has 4 nitrogen and oxygen atoms in total. The molecule has 1 fully saturated rings. The average molecular weight is 397 g/mol. The average Bonchev–Trinajstić information content (AvgIpc) is 2.93. The molecule has 0 saturated heterocycles. The van der Waals surface area contributed by atoms with Crippen LogP contribution in [-0.4, -0.2) is 22.1 Å². The number of rotatable bonds is 6. The predicted molar refractivity (Wildman–Crippen MR) is 97.4 cm³/mol. The first-order chi connectivity index (χ1) is 13.1. The minimum absolute atomic E-state index is 0.0450. The Morgan fingerprint density at radius 3 is 2.46 bits per heavy atom. The largest absolute Gasteiger partial charge is 0.490 e. The highest BCUT2D eigenvalue weighted by Crippen LogP contribution is 2.42. The third-order valence-corrected chi connectivity index (χ3v) is 5.04. The lowest BCUT2D eigenvalue weighted by Gasteiger charge is -2.27. The van der Waals surface area contributed by atoms with E-state index < -0.39 is 29.8 Å². The van der Waals surface area contributed by atoms with Gasteiger partial charge in [0, 0.05) is 11.8 Å². The molecule has 1 atom stereocenters. The van der Waals surface area contributed by atoms with Gasteiger partial charge in [-0.3, -0.25) is 4.98 Å². The maximum absolute atomic E-state index is 13.5. The Balaban J connectivity index is 1.83. The number of pyridine rings is 2. The van der Waals surface area contributed by atoms with Crippen molar-refractivity contribution in [2.24, 2.45) is 11.1 Å². The van der Waals surface area contributed by atoms with E-state index in [0.717, 1.165) is 25.3 Å². The lowest BCUT2D eigenvalue weighted by atomic mass is 9.88. The molecule has 0 amide bonds. The fourth-order valence-electron chi connectivity index (χ4n) is 3.69. The summed E-state index contributed by atoms with van der Waals surface area (Å²) in [5.41, 5.74) is 5.35. The SMILES string of the molecule is CC1(C)CCC(N)(COc2ccc(-c3ccnc(C(F)F)c3)nc2C(F)F)C1. The molecule has 0 radical (unpaired) electrons. The minimum Gasteiger partial charge on any atom is -0.490 e. The molecule has 2 N–H and O–H groups in total. The van der Waals surface area contributed by atoms with E-state index in [2.05, 4.69) is 23.8 Å². The van der Waals surface area contributed by atoms with Gasteiger partial charge in [0.05, 0.1) is 11.2 Å². The molecule has 8 heteroatoms. The van der Waals surface area contributed by atoms with E-state index in [4.69, 9.17) is 10.5 Å². The molecular weight excluding hydrogens is 374 g/mol. The summed E-state index contributed by atoms with van der Waals surface area (Å²) in [6, 6.07) is 5.43. The topological polar surface area (TPSA) is 61.0 Å². The van der Waals surface area contributed by atoms with Crippen LogP contribution >= 0.6 is 0 Å². The molecule has 2 aromatic rings. The molecule has 3 rings (SSSR count). The lowest BCUT2D eigenvalue weighted by molar-refractivity contribution is 0.134. The molecule has 28 heavy (non-hydrogen) atoms. The molecule has 1 aliphatic carbocycles. The molecule has 2 aromatic heterocycles. The van der Waals surface area contributed by atoms with Gasteiger partial charge in [-0.15, -0.1) is 0 Å². The van der Waals surface area contributed by atoms with Crippen molar-refractivity contribution in [2.45, 2.75) is 51.5 Å². The molecular formula is C20H23F4N3O. The van der Waals surface area contributed by atoms with Gasteiger partial charge in [0.25, 0.3) is 12.9 Å². The van der Waals surface area contributed by atoms with Crippen LogP contribution in [-0.2, 0) is 0 Å². The van der Waals surface area contributed by atoms with Crippen molar-refractivity contribution in [1.82, 2.24) is 9.97 Å². The number of nitrogens with zero attached hydrogens (tertiary/aromatic N) is 2. The highest BCUT2D eigenvalue weighted by molar-refractivity contribution is 5.60. The number of halogens is 4. The van der Waals surface area contributed by atoms with Gasteiger partial charge in [-0.25, -0.2) is 22.5 Å². The van der Waals surface area contributed by atoms with E-state index in [-0.39, 0.29) is 29.0 Å². The molecule has 0 aliphatic heterocycles. The standard InChI is InChI=1S/C20H23F4N3O/c1-19(2)6-7-20(25,10-19)11-28-15-4-3-13(27-16(15)18(23)24)12-5-8-26-14(9-12)17(21)22/h3-5,8-9,17-18H,6-7,10-11,25H2,1-2H3. The number of nitrogens with two attached hydrogens (primary N) is 1. The monoisotopic (exact) mass is 397 g/mol. The second-order valence-electron chi connectivity index (χ2n) is 8.14. The number of aromatic nitrogens is 2. The second-order valence-corrected chi connectivity index (χ2v) is 8.14. The summed E-state index contributed by atoms with van der Waals surface area (Å²) in [5, 5.41) is 0. The summed E-state index contributed by atoms with van der Waals surface area (Å²) in [6.45, 7) is 4.35. The van der Waals surface area contributed by atoms with Crippen molar-refractivity contribution >= 4 is 0 Å².